The molecular formula is C15H18N4O. The van der Waals surface area contributed by atoms with Crippen molar-refractivity contribution < 1.29 is 4.79 Å². The maximum Gasteiger partial charge on any atom is 0.270 e. The first-order chi connectivity index (χ1) is 9.79. The van der Waals surface area contributed by atoms with E-state index in [0.717, 1.165) is 24.3 Å². The van der Waals surface area contributed by atoms with Crippen molar-refractivity contribution in [2.24, 2.45) is 0 Å². The van der Waals surface area contributed by atoms with Crippen LogP contribution in [0.25, 0.3) is 0 Å². The third-order valence-corrected chi connectivity index (χ3v) is 2.71. The van der Waals surface area contributed by atoms with Crippen molar-refractivity contribution in [1.82, 2.24) is 15.3 Å². The lowest BCUT2D eigenvalue weighted by Gasteiger charge is -2.07. The number of carbonyl (C=O) groups is 1. The second-order valence-electron chi connectivity index (χ2n) is 4.38. The summed E-state index contributed by atoms with van der Waals surface area (Å²) < 4.78 is 0. The average molecular weight is 270 g/mol. The van der Waals surface area contributed by atoms with Crippen LogP contribution in [-0.2, 0) is 6.54 Å². The Morgan fingerprint density at radius 2 is 2.15 bits per heavy atom. The maximum atomic E-state index is 12.0. The summed E-state index contributed by atoms with van der Waals surface area (Å²) in [5.41, 5.74) is 1.37. The summed E-state index contributed by atoms with van der Waals surface area (Å²) in [7, 11) is 0. The van der Waals surface area contributed by atoms with Gasteiger partial charge in [0.15, 0.2) is 0 Å². The monoisotopic (exact) mass is 270 g/mol. The Balaban J connectivity index is 1.95. The van der Waals surface area contributed by atoms with Crippen LogP contribution in [0.5, 0.6) is 0 Å². The van der Waals surface area contributed by atoms with Gasteiger partial charge in [-0.3, -0.25) is 9.78 Å². The van der Waals surface area contributed by atoms with Crippen molar-refractivity contribution in [3.05, 3.63) is 54.0 Å². The molecule has 20 heavy (non-hydrogen) atoms. The minimum absolute atomic E-state index is 0.186. The predicted octanol–water partition coefficient (Wildman–Crippen LogP) is 2.23. The minimum Gasteiger partial charge on any atom is -0.370 e. The molecule has 0 spiro atoms. The Kier molecular flexibility index (Phi) is 5.06. The number of anilines is 1. The number of aromatic nitrogens is 2. The molecule has 5 heteroatoms. The summed E-state index contributed by atoms with van der Waals surface area (Å²) in [6.07, 6.45) is 4.45. The lowest BCUT2D eigenvalue weighted by Crippen LogP contribution is -2.24. The molecule has 0 atom stereocenters. The van der Waals surface area contributed by atoms with Crippen LogP contribution in [0.2, 0.25) is 0 Å². The molecule has 0 fully saturated rings. The maximum absolute atomic E-state index is 12.0. The van der Waals surface area contributed by atoms with E-state index >= 15 is 0 Å². The summed E-state index contributed by atoms with van der Waals surface area (Å²) in [4.78, 5) is 20.3. The molecule has 0 saturated heterocycles. The van der Waals surface area contributed by atoms with Crippen molar-refractivity contribution in [1.29, 1.82) is 0 Å². The highest BCUT2D eigenvalue weighted by atomic mass is 16.1. The molecule has 2 aromatic heterocycles. The second kappa shape index (κ2) is 7.23. The van der Waals surface area contributed by atoms with Crippen molar-refractivity contribution in [3.63, 3.8) is 0 Å². The van der Waals surface area contributed by atoms with Gasteiger partial charge in [-0.05, 0) is 30.2 Å². The highest BCUT2D eigenvalue weighted by Crippen LogP contribution is 2.05. The van der Waals surface area contributed by atoms with Crippen LogP contribution < -0.4 is 10.6 Å². The summed E-state index contributed by atoms with van der Waals surface area (Å²) in [5, 5.41) is 5.99. The van der Waals surface area contributed by atoms with Gasteiger partial charge in [-0.1, -0.05) is 19.1 Å². The van der Waals surface area contributed by atoms with Gasteiger partial charge in [0, 0.05) is 25.5 Å². The van der Waals surface area contributed by atoms with Crippen molar-refractivity contribution in [2.45, 2.75) is 19.9 Å². The Labute approximate surface area is 118 Å². The second-order valence-corrected chi connectivity index (χ2v) is 4.38. The molecule has 2 heterocycles. The lowest BCUT2D eigenvalue weighted by atomic mass is 10.2. The van der Waals surface area contributed by atoms with E-state index in [4.69, 9.17) is 0 Å². The predicted molar refractivity (Wildman–Crippen MR) is 78.4 cm³/mol. The van der Waals surface area contributed by atoms with Crippen LogP contribution >= 0.6 is 0 Å². The zero-order chi connectivity index (χ0) is 14.2. The molecule has 2 aromatic rings. The number of carbonyl (C=O) groups excluding carboxylic acids is 1. The number of nitrogens with zero attached hydrogens (tertiary/aromatic N) is 2. The fraction of sp³-hybridized carbons (Fsp3) is 0.267. The van der Waals surface area contributed by atoms with Gasteiger partial charge in [-0.2, -0.15) is 0 Å². The lowest BCUT2D eigenvalue weighted by molar-refractivity contribution is 0.0946. The number of hydrogen-bond donors (Lipinski definition) is 2. The van der Waals surface area contributed by atoms with Crippen LogP contribution in [-0.4, -0.2) is 22.4 Å². The normalized spacial score (nSPS) is 10.1. The Morgan fingerprint density at radius 1 is 1.25 bits per heavy atom. The third kappa shape index (κ3) is 4.05. The fourth-order valence-corrected chi connectivity index (χ4v) is 1.69. The first-order valence-electron chi connectivity index (χ1n) is 6.67. The SMILES string of the molecule is CCCNc1cccc(C(=O)NCc2cccnc2)n1. The number of pyridine rings is 2. The molecule has 0 unspecified atom stereocenters. The molecule has 5 nitrogen and oxygen atoms in total. The largest absolute Gasteiger partial charge is 0.370 e. The van der Waals surface area contributed by atoms with Crippen molar-refractivity contribution in [2.75, 3.05) is 11.9 Å². The molecule has 0 aromatic carbocycles. The van der Waals surface area contributed by atoms with E-state index in [1.54, 1.807) is 18.5 Å². The van der Waals surface area contributed by atoms with E-state index in [1.165, 1.54) is 0 Å². The molecule has 0 saturated carbocycles. The van der Waals surface area contributed by atoms with Crippen LogP contribution in [0.15, 0.2) is 42.7 Å². The number of amides is 1. The first kappa shape index (κ1) is 14.0. The van der Waals surface area contributed by atoms with Crippen LogP contribution in [0, 0.1) is 0 Å². The van der Waals surface area contributed by atoms with Gasteiger partial charge in [0.2, 0.25) is 0 Å². The average Bonchev–Trinajstić information content (AvgIpc) is 2.52. The van der Waals surface area contributed by atoms with E-state index in [9.17, 15) is 4.79 Å². The molecule has 2 rings (SSSR count). The molecule has 0 aliphatic heterocycles. The standard InChI is InChI=1S/C15H18N4O/c1-2-8-17-14-7-3-6-13(19-14)15(20)18-11-12-5-4-9-16-10-12/h3-7,9-10H,2,8,11H2,1H3,(H,17,19)(H,18,20). The molecular weight excluding hydrogens is 252 g/mol. The van der Waals surface area contributed by atoms with Crippen LogP contribution in [0.4, 0.5) is 5.82 Å². The Morgan fingerprint density at radius 3 is 2.90 bits per heavy atom. The van der Waals surface area contributed by atoms with Gasteiger partial charge in [0.05, 0.1) is 0 Å². The van der Waals surface area contributed by atoms with Gasteiger partial charge in [0.1, 0.15) is 11.5 Å². The minimum atomic E-state index is -0.186. The van der Waals surface area contributed by atoms with Crippen molar-refractivity contribution >= 4 is 11.7 Å². The highest BCUT2D eigenvalue weighted by molar-refractivity contribution is 5.92. The number of hydrogen-bond acceptors (Lipinski definition) is 4. The topological polar surface area (TPSA) is 66.9 Å². The summed E-state index contributed by atoms with van der Waals surface area (Å²) in [6.45, 7) is 3.37. The Bertz CT molecular complexity index is 557. The zero-order valence-corrected chi connectivity index (χ0v) is 11.5. The number of nitrogens with one attached hydrogen (secondary N) is 2. The van der Waals surface area contributed by atoms with E-state index in [1.807, 2.05) is 24.3 Å². The molecule has 0 bridgehead atoms. The summed E-state index contributed by atoms with van der Waals surface area (Å²) >= 11 is 0. The van der Waals surface area contributed by atoms with Gasteiger partial charge < -0.3 is 10.6 Å². The van der Waals surface area contributed by atoms with E-state index in [-0.39, 0.29) is 5.91 Å². The summed E-state index contributed by atoms with van der Waals surface area (Å²) in [6, 6.07) is 9.14. The van der Waals surface area contributed by atoms with E-state index in [0.29, 0.717) is 12.2 Å². The first-order valence-corrected chi connectivity index (χ1v) is 6.67. The third-order valence-electron chi connectivity index (χ3n) is 2.71. The van der Waals surface area contributed by atoms with Crippen molar-refractivity contribution in [3.8, 4) is 0 Å². The molecule has 0 aliphatic carbocycles. The van der Waals surface area contributed by atoms with Crippen LogP contribution in [0.1, 0.15) is 29.4 Å². The Hall–Kier alpha value is -2.43. The molecule has 2 N–H and O–H groups in total. The van der Waals surface area contributed by atoms with E-state index in [2.05, 4.69) is 27.5 Å². The molecule has 0 radical (unpaired) electrons. The zero-order valence-electron chi connectivity index (χ0n) is 11.5. The highest BCUT2D eigenvalue weighted by Gasteiger charge is 2.07. The molecule has 1 amide bonds. The number of rotatable bonds is 6. The quantitative estimate of drug-likeness (QED) is 0.844. The molecule has 104 valence electrons. The fourth-order valence-electron chi connectivity index (χ4n) is 1.69. The van der Waals surface area contributed by atoms with Gasteiger partial charge in [0.25, 0.3) is 5.91 Å². The van der Waals surface area contributed by atoms with Gasteiger partial charge >= 0.3 is 0 Å². The van der Waals surface area contributed by atoms with E-state index < -0.39 is 0 Å². The summed E-state index contributed by atoms with van der Waals surface area (Å²) in [5.74, 6) is 0.537. The van der Waals surface area contributed by atoms with Crippen LogP contribution in [0.3, 0.4) is 0 Å². The smallest absolute Gasteiger partial charge is 0.270 e. The van der Waals surface area contributed by atoms with Gasteiger partial charge in [-0.15, -0.1) is 0 Å². The van der Waals surface area contributed by atoms with Gasteiger partial charge in [-0.25, -0.2) is 4.98 Å². The molecule has 0 aliphatic rings.